The first-order valence-corrected chi connectivity index (χ1v) is 11.7. The molecule has 180 valence electrons. The number of aromatic nitrogens is 4. The SMILES string of the molecule is COc1cc(OC)cc(C(=O)N2CCN(c3nc4nccc(-c5cc(Cl)ccc5Cl)n4n3)CC2)c1. The van der Waals surface area contributed by atoms with Gasteiger partial charge in [-0.2, -0.15) is 9.50 Å². The highest BCUT2D eigenvalue weighted by Gasteiger charge is 2.26. The lowest BCUT2D eigenvalue weighted by atomic mass is 10.1. The van der Waals surface area contributed by atoms with Crippen LogP contribution in [0.4, 0.5) is 5.95 Å². The van der Waals surface area contributed by atoms with Crippen LogP contribution in [0.5, 0.6) is 11.5 Å². The number of ether oxygens (including phenoxy) is 2. The van der Waals surface area contributed by atoms with E-state index >= 15 is 0 Å². The molecule has 1 aliphatic rings. The predicted octanol–water partition coefficient (Wildman–Crippen LogP) is 4.08. The van der Waals surface area contributed by atoms with Crippen molar-refractivity contribution in [2.45, 2.75) is 0 Å². The van der Waals surface area contributed by atoms with Gasteiger partial charge in [-0.25, -0.2) is 4.98 Å². The lowest BCUT2D eigenvalue weighted by Gasteiger charge is -2.34. The van der Waals surface area contributed by atoms with Crippen LogP contribution in [0.1, 0.15) is 10.4 Å². The smallest absolute Gasteiger partial charge is 0.254 e. The van der Waals surface area contributed by atoms with E-state index in [1.807, 2.05) is 11.0 Å². The molecule has 0 aliphatic carbocycles. The Hall–Kier alpha value is -3.56. The number of nitrogens with zero attached hydrogens (tertiary/aromatic N) is 6. The van der Waals surface area contributed by atoms with Gasteiger partial charge in [0.05, 0.1) is 24.9 Å². The predicted molar refractivity (Wildman–Crippen MR) is 134 cm³/mol. The van der Waals surface area contributed by atoms with Gasteiger partial charge < -0.3 is 19.3 Å². The molecule has 35 heavy (non-hydrogen) atoms. The van der Waals surface area contributed by atoms with E-state index in [4.69, 9.17) is 32.7 Å². The van der Waals surface area contributed by atoms with E-state index in [0.29, 0.717) is 65.0 Å². The second kappa shape index (κ2) is 9.59. The third kappa shape index (κ3) is 4.56. The Labute approximate surface area is 211 Å². The van der Waals surface area contributed by atoms with Gasteiger partial charge in [-0.05, 0) is 36.4 Å². The summed E-state index contributed by atoms with van der Waals surface area (Å²) in [4.78, 5) is 25.9. The molecule has 0 saturated carbocycles. The second-order valence-corrected chi connectivity index (χ2v) is 8.80. The molecule has 0 radical (unpaired) electrons. The molecule has 0 unspecified atom stereocenters. The topological polar surface area (TPSA) is 85.1 Å². The molecular formula is C24H22Cl2N6O3. The van der Waals surface area contributed by atoms with Crippen LogP contribution in [0.25, 0.3) is 17.0 Å². The number of benzene rings is 2. The first-order chi connectivity index (χ1) is 17.0. The molecule has 1 aliphatic heterocycles. The number of carbonyl (C=O) groups excluding carboxylic acids is 1. The third-order valence-corrected chi connectivity index (χ3v) is 6.45. The first kappa shape index (κ1) is 23.2. The second-order valence-electron chi connectivity index (χ2n) is 7.96. The minimum atomic E-state index is -0.0793. The van der Waals surface area contributed by atoms with Gasteiger partial charge in [0.15, 0.2) is 0 Å². The van der Waals surface area contributed by atoms with Crippen molar-refractivity contribution in [3.63, 3.8) is 0 Å². The average molecular weight is 513 g/mol. The van der Waals surface area contributed by atoms with Gasteiger partial charge in [-0.1, -0.05) is 23.2 Å². The molecule has 4 aromatic rings. The molecule has 2 aromatic carbocycles. The highest BCUT2D eigenvalue weighted by molar-refractivity contribution is 6.35. The van der Waals surface area contributed by atoms with E-state index in [-0.39, 0.29) is 5.91 Å². The summed E-state index contributed by atoms with van der Waals surface area (Å²) in [6.45, 7) is 2.20. The van der Waals surface area contributed by atoms with E-state index in [1.165, 1.54) is 0 Å². The van der Waals surface area contributed by atoms with Crippen LogP contribution in [-0.4, -0.2) is 70.8 Å². The number of rotatable bonds is 5. The maximum atomic E-state index is 13.1. The van der Waals surface area contributed by atoms with Gasteiger partial charge in [-0.3, -0.25) is 4.79 Å². The van der Waals surface area contributed by atoms with Crippen LogP contribution in [0, 0.1) is 0 Å². The summed E-state index contributed by atoms with van der Waals surface area (Å²) in [5, 5.41) is 5.82. The Bertz CT molecular complexity index is 1380. The zero-order chi connectivity index (χ0) is 24.5. The fourth-order valence-corrected chi connectivity index (χ4v) is 4.42. The van der Waals surface area contributed by atoms with Gasteiger partial charge in [0, 0.05) is 54.6 Å². The highest BCUT2D eigenvalue weighted by Crippen LogP contribution is 2.31. The maximum Gasteiger partial charge on any atom is 0.254 e. The van der Waals surface area contributed by atoms with Crippen molar-refractivity contribution in [3.8, 4) is 22.8 Å². The molecule has 0 atom stereocenters. The Morgan fingerprint density at radius 2 is 1.66 bits per heavy atom. The van der Waals surface area contributed by atoms with Crippen molar-refractivity contribution in [3.05, 3.63) is 64.3 Å². The molecule has 0 spiro atoms. The molecule has 1 fully saturated rings. The van der Waals surface area contributed by atoms with Gasteiger partial charge in [-0.15, -0.1) is 5.10 Å². The van der Waals surface area contributed by atoms with E-state index in [1.54, 1.807) is 66.2 Å². The average Bonchev–Trinajstić information content (AvgIpc) is 3.34. The van der Waals surface area contributed by atoms with Gasteiger partial charge >= 0.3 is 0 Å². The van der Waals surface area contributed by atoms with Crippen molar-refractivity contribution in [2.24, 2.45) is 0 Å². The minimum Gasteiger partial charge on any atom is -0.497 e. The number of hydrogen-bond donors (Lipinski definition) is 0. The Morgan fingerprint density at radius 1 is 0.943 bits per heavy atom. The zero-order valence-electron chi connectivity index (χ0n) is 19.1. The summed E-state index contributed by atoms with van der Waals surface area (Å²) in [6.07, 6.45) is 1.67. The lowest BCUT2D eigenvalue weighted by molar-refractivity contribution is 0.0745. The summed E-state index contributed by atoms with van der Waals surface area (Å²) in [5.74, 6) is 2.06. The summed E-state index contributed by atoms with van der Waals surface area (Å²) in [7, 11) is 3.12. The van der Waals surface area contributed by atoms with Crippen molar-refractivity contribution < 1.29 is 14.3 Å². The Morgan fingerprint density at radius 3 is 2.34 bits per heavy atom. The normalized spacial score (nSPS) is 13.8. The quantitative estimate of drug-likeness (QED) is 0.398. The van der Waals surface area contributed by atoms with Crippen LogP contribution in [0.3, 0.4) is 0 Å². The van der Waals surface area contributed by atoms with Gasteiger partial charge in [0.25, 0.3) is 11.7 Å². The van der Waals surface area contributed by atoms with Crippen molar-refractivity contribution in [1.82, 2.24) is 24.5 Å². The van der Waals surface area contributed by atoms with Gasteiger partial charge in [0.2, 0.25) is 5.95 Å². The Balaban J connectivity index is 1.35. The molecule has 3 heterocycles. The number of fused-ring (bicyclic) bond motifs is 1. The van der Waals surface area contributed by atoms with Crippen molar-refractivity contribution in [1.29, 1.82) is 0 Å². The van der Waals surface area contributed by atoms with Crippen LogP contribution in [0.2, 0.25) is 10.0 Å². The number of methoxy groups -OCH3 is 2. The van der Waals surface area contributed by atoms with Crippen LogP contribution < -0.4 is 14.4 Å². The number of hydrogen-bond acceptors (Lipinski definition) is 7. The molecule has 0 N–H and O–H groups in total. The fourth-order valence-electron chi connectivity index (χ4n) is 4.04. The van der Waals surface area contributed by atoms with E-state index < -0.39 is 0 Å². The minimum absolute atomic E-state index is 0.0793. The van der Waals surface area contributed by atoms with Crippen LogP contribution >= 0.6 is 23.2 Å². The molecule has 11 heteroatoms. The van der Waals surface area contributed by atoms with E-state index in [2.05, 4.69) is 15.1 Å². The maximum absolute atomic E-state index is 13.1. The number of piperazine rings is 1. The van der Waals surface area contributed by atoms with Gasteiger partial charge in [0.1, 0.15) is 11.5 Å². The lowest BCUT2D eigenvalue weighted by Crippen LogP contribution is -2.49. The molecule has 1 amide bonds. The number of carbonyl (C=O) groups is 1. The Kier molecular flexibility index (Phi) is 6.36. The van der Waals surface area contributed by atoms with Crippen molar-refractivity contribution >= 4 is 40.8 Å². The molecule has 1 saturated heterocycles. The summed E-state index contributed by atoms with van der Waals surface area (Å²) < 4.78 is 12.2. The first-order valence-electron chi connectivity index (χ1n) is 10.9. The fraction of sp³-hybridized carbons (Fsp3) is 0.250. The monoisotopic (exact) mass is 512 g/mol. The van der Waals surface area contributed by atoms with Crippen LogP contribution in [0.15, 0.2) is 48.7 Å². The molecular weight excluding hydrogens is 491 g/mol. The molecule has 9 nitrogen and oxygen atoms in total. The standard InChI is InChI=1S/C24H22Cl2N6O3/c1-34-17-11-15(12-18(14-17)35-2)22(33)30-7-9-31(10-8-30)24-28-23-27-6-5-21(32(23)29-24)19-13-16(25)3-4-20(19)26/h3-6,11-14H,7-10H2,1-2H3. The largest absolute Gasteiger partial charge is 0.497 e. The molecule has 2 aromatic heterocycles. The van der Waals surface area contributed by atoms with Crippen LogP contribution in [-0.2, 0) is 0 Å². The number of halogens is 2. The number of amides is 1. The zero-order valence-corrected chi connectivity index (χ0v) is 20.6. The third-order valence-electron chi connectivity index (χ3n) is 5.88. The molecule has 0 bridgehead atoms. The molecule has 5 rings (SSSR count). The summed E-state index contributed by atoms with van der Waals surface area (Å²) in [6, 6.07) is 12.3. The summed E-state index contributed by atoms with van der Waals surface area (Å²) in [5.41, 5.74) is 2.00. The van der Waals surface area contributed by atoms with E-state index in [0.717, 1.165) is 11.3 Å². The highest BCUT2D eigenvalue weighted by atomic mass is 35.5. The van der Waals surface area contributed by atoms with E-state index in [9.17, 15) is 4.79 Å². The summed E-state index contributed by atoms with van der Waals surface area (Å²) >= 11 is 12.6. The van der Waals surface area contributed by atoms with Crippen molar-refractivity contribution in [2.75, 3.05) is 45.3 Å². The number of anilines is 1.